The molecule has 0 unspecified atom stereocenters. The molecule has 0 bridgehead atoms. The van der Waals surface area contributed by atoms with Gasteiger partial charge in [0, 0.05) is 25.1 Å². The molecule has 1 aromatic rings. The molecule has 0 aromatic heterocycles. The van der Waals surface area contributed by atoms with Gasteiger partial charge in [0.25, 0.3) is 0 Å². The molecule has 1 aliphatic rings. The Balaban J connectivity index is 2.25. The average Bonchev–Trinajstić information content (AvgIpc) is 2.88. The highest BCUT2D eigenvalue weighted by Crippen LogP contribution is 2.39. The van der Waals surface area contributed by atoms with Gasteiger partial charge in [-0.1, -0.05) is 28.8 Å². The summed E-state index contributed by atoms with van der Waals surface area (Å²) < 4.78 is 0.951. The molecule has 1 amide bonds. The van der Waals surface area contributed by atoms with Crippen molar-refractivity contribution in [2.24, 2.45) is 11.1 Å². The van der Waals surface area contributed by atoms with Crippen LogP contribution in [0.5, 0.6) is 0 Å². The molecular weight excluding hydrogens is 318 g/mol. The summed E-state index contributed by atoms with van der Waals surface area (Å²) in [4.78, 5) is 14.6. The summed E-state index contributed by atoms with van der Waals surface area (Å²) in [6, 6.07) is 5.90. The van der Waals surface area contributed by atoms with Crippen LogP contribution in [0.3, 0.4) is 0 Å². The Morgan fingerprint density at radius 1 is 1.40 bits per heavy atom. The number of carbonyl (C=O) groups excluding carboxylic acids is 1. The van der Waals surface area contributed by atoms with Gasteiger partial charge in [-0.05, 0) is 31.0 Å². The molecule has 3 N–H and O–H groups in total. The lowest BCUT2D eigenvalue weighted by atomic mass is 9.85. The molecule has 4 nitrogen and oxygen atoms in total. The molecule has 0 radical (unpaired) electrons. The van der Waals surface area contributed by atoms with Crippen LogP contribution in [0.15, 0.2) is 22.7 Å². The molecule has 1 aromatic carbocycles. The summed E-state index contributed by atoms with van der Waals surface area (Å²) in [5.41, 5.74) is 7.31. The van der Waals surface area contributed by atoms with E-state index in [1.807, 2.05) is 37.2 Å². The molecule has 0 heterocycles. The maximum absolute atomic E-state index is 12.6. The monoisotopic (exact) mass is 339 g/mol. The first-order chi connectivity index (χ1) is 9.48. The number of hydrogen-bond donors (Lipinski definition) is 2. The number of halogens is 1. The van der Waals surface area contributed by atoms with Crippen LogP contribution in [0.2, 0.25) is 0 Å². The molecule has 0 saturated heterocycles. The summed E-state index contributed by atoms with van der Waals surface area (Å²) >= 11 is 3.45. The zero-order valence-corrected chi connectivity index (χ0v) is 13.7. The van der Waals surface area contributed by atoms with E-state index < -0.39 is 0 Å². The van der Waals surface area contributed by atoms with Crippen LogP contribution >= 0.6 is 15.9 Å². The lowest BCUT2D eigenvalue weighted by molar-refractivity contribution is -0.124. The molecule has 0 aliphatic heterocycles. The fourth-order valence-electron chi connectivity index (χ4n) is 2.83. The number of benzene rings is 1. The van der Waals surface area contributed by atoms with Crippen LogP contribution in [0.4, 0.5) is 11.4 Å². The summed E-state index contributed by atoms with van der Waals surface area (Å²) in [5.74, 6) is 0.0544. The topological polar surface area (TPSA) is 58.4 Å². The number of rotatable bonds is 4. The van der Waals surface area contributed by atoms with E-state index in [0.717, 1.165) is 41.5 Å². The van der Waals surface area contributed by atoms with E-state index in [1.54, 1.807) is 0 Å². The minimum absolute atomic E-state index is 0.0544. The van der Waals surface area contributed by atoms with Crippen molar-refractivity contribution >= 4 is 33.2 Å². The van der Waals surface area contributed by atoms with Gasteiger partial charge in [0.05, 0.1) is 16.8 Å². The number of hydrogen-bond acceptors (Lipinski definition) is 3. The molecular formula is C15H22BrN3O. The van der Waals surface area contributed by atoms with Crippen LogP contribution in [0.25, 0.3) is 0 Å². The lowest BCUT2D eigenvalue weighted by Crippen LogP contribution is -2.40. The predicted octanol–water partition coefficient (Wildman–Crippen LogP) is 2.97. The van der Waals surface area contributed by atoms with E-state index in [0.29, 0.717) is 6.54 Å². The van der Waals surface area contributed by atoms with Crippen LogP contribution < -0.4 is 16.0 Å². The Labute approximate surface area is 128 Å². The summed E-state index contributed by atoms with van der Waals surface area (Å²) in [6.45, 7) is 0.421. The second kappa shape index (κ2) is 6.14. The minimum atomic E-state index is -0.383. The van der Waals surface area contributed by atoms with Crippen molar-refractivity contribution in [1.29, 1.82) is 0 Å². The molecule has 1 aliphatic carbocycles. The molecule has 110 valence electrons. The molecule has 1 saturated carbocycles. The van der Waals surface area contributed by atoms with Crippen molar-refractivity contribution in [2.75, 3.05) is 30.9 Å². The Bertz CT molecular complexity index is 496. The van der Waals surface area contributed by atoms with Crippen molar-refractivity contribution in [3.05, 3.63) is 22.7 Å². The highest BCUT2D eigenvalue weighted by molar-refractivity contribution is 9.10. The van der Waals surface area contributed by atoms with Crippen molar-refractivity contribution in [3.63, 3.8) is 0 Å². The van der Waals surface area contributed by atoms with Gasteiger partial charge in [0.2, 0.25) is 5.91 Å². The van der Waals surface area contributed by atoms with E-state index in [2.05, 4.69) is 21.2 Å². The zero-order valence-electron chi connectivity index (χ0n) is 12.1. The number of nitrogens with two attached hydrogens (primary N) is 1. The molecule has 0 spiro atoms. The van der Waals surface area contributed by atoms with Crippen LogP contribution in [0.1, 0.15) is 25.7 Å². The van der Waals surface area contributed by atoms with Crippen molar-refractivity contribution < 1.29 is 4.79 Å². The highest BCUT2D eigenvalue weighted by atomic mass is 79.9. The minimum Gasteiger partial charge on any atom is -0.376 e. The van der Waals surface area contributed by atoms with Crippen LogP contribution in [-0.2, 0) is 4.79 Å². The molecule has 0 atom stereocenters. The van der Waals surface area contributed by atoms with E-state index in [-0.39, 0.29) is 11.3 Å². The number of anilines is 2. The fourth-order valence-corrected chi connectivity index (χ4v) is 3.19. The number of nitrogens with one attached hydrogen (secondary N) is 1. The first kappa shape index (κ1) is 15.3. The summed E-state index contributed by atoms with van der Waals surface area (Å²) in [5, 5.41) is 3.08. The zero-order chi connectivity index (χ0) is 14.8. The van der Waals surface area contributed by atoms with Gasteiger partial charge >= 0.3 is 0 Å². The third-order valence-corrected chi connectivity index (χ3v) is 4.61. The Morgan fingerprint density at radius 2 is 2.05 bits per heavy atom. The maximum atomic E-state index is 12.6. The maximum Gasteiger partial charge on any atom is 0.231 e. The van der Waals surface area contributed by atoms with Gasteiger partial charge in [0.1, 0.15) is 0 Å². The van der Waals surface area contributed by atoms with Gasteiger partial charge in [-0.3, -0.25) is 4.79 Å². The van der Waals surface area contributed by atoms with Crippen LogP contribution in [0, 0.1) is 5.41 Å². The summed E-state index contributed by atoms with van der Waals surface area (Å²) in [6.07, 6.45) is 3.95. The second-order valence-corrected chi connectivity index (χ2v) is 6.62. The molecule has 1 fully saturated rings. The normalized spacial score (nSPS) is 17.0. The van der Waals surface area contributed by atoms with Crippen molar-refractivity contribution in [1.82, 2.24) is 0 Å². The van der Waals surface area contributed by atoms with E-state index in [1.165, 1.54) is 0 Å². The molecule has 20 heavy (non-hydrogen) atoms. The lowest BCUT2D eigenvalue weighted by Gasteiger charge is -2.27. The quantitative estimate of drug-likeness (QED) is 0.886. The van der Waals surface area contributed by atoms with Crippen LogP contribution in [-0.4, -0.2) is 26.5 Å². The molecule has 2 rings (SSSR count). The highest BCUT2D eigenvalue weighted by Gasteiger charge is 2.40. The largest absolute Gasteiger partial charge is 0.376 e. The number of nitrogens with zero attached hydrogens (tertiary/aromatic N) is 1. The smallest absolute Gasteiger partial charge is 0.231 e. The van der Waals surface area contributed by atoms with Gasteiger partial charge in [-0.15, -0.1) is 0 Å². The Hall–Kier alpha value is -1.07. The average molecular weight is 340 g/mol. The van der Waals surface area contributed by atoms with E-state index in [4.69, 9.17) is 5.73 Å². The predicted molar refractivity (Wildman–Crippen MR) is 87.1 cm³/mol. The molecule has 5 heteroatoms. The van der Waals surface area contributed by atoms with Gasteiger partial charge < -0.3 is 16.0 Å². The van der Waals surface area contributed by atoms with Gasteiger partial charge in [0.15, 0.2) is 0 Å². The summed E-state index contributed by atoms with van der Waals surface area (Å²) in [7, 11) is 3.93. The van der Waals surface area contributed by atoms with E-state index in [9.17, 15) is 4.79 Å². The van der Waals surface area contributed by atoms with Crippen molar-refractivity contribution in [2.45, 2.75) is 25.7 Å². The first-order valence-corrected chi connectivity index (χ1v) is 7.76. The SMILES string of the molecule is CN(C)c1ccc(Br)cc1NC(=O)C1(CN)CCCC1. The fraction of sp³-hybridized carbons (Fsp3) is 0.533. The van der Waals surface area contributed by atoms with E-state index >= 15 is 0 Å². The third-order valence-electron chi connectivity index (χ3n) is 4.12. The Kier molecular flexibility index (Phi) is 4.70. The number of carbonyl (C=O) groups is 1. The van der Waals surface area contributed by atoms with Crippen molar-refractivity contribution in [3.8, 4) is 0 Å². The van der Waals surface area contributed by atoms with Gasteiger partial charge in [-0.2, -0.15) is 0 Å². The first-order valence-electron chi connectivity index (χ1n) is 6.97. The Morgan fingerprint density at radius 3 is 2.60 bits per heavy atom. The van der Waals surface area contributed by atoms with Gasteiger partial charge in [-0.25, -0.2) is 0 Å². The standard InChI is InChI=1S/C15H22BrN3O/c1-19(2)13-6-5-11(16)9-12(13)18-14(20)15(10-17)7-3-4-8-15/h5-6,9H,3-4,7-8,10,17H2,1-2H3,(H,18,20). The third kappa shape index (κ3) is 2.99. The second-order valence-electron chi connectivity index (χ2n) is 5.70. The number of amides is 1.